The molecule has 0 spiro atoms. The van der Waals surface area contributed by atoms with Crippen molar-refractivity contribution >= 4 is 5.69 Å². The summed E-state index contributed by atoms with van der Waals surface area (Å²) in [5.41, 5.74) is 3.80. The summed E-state index contributed by atoms with van der Waals surface area (Å²) in [6.07, 6.45) is 12.4. The maximum atomic E-state index is 4.20. The number of nitrogens with zero attached hydrogens (tertiary/aromatic N) is 2. The van der Waals surface area contributed by atoms with E-state index in [4.69, 9.17) is 0 Å². The molecule has 1 aromatic heterocycles. The average molecular weight is 347 g/mol. The molecule has 6 rings (SSSR count). The molecular weight excluding hydrogens is 316 g/mol. The van der Waals surface area contributed by atoms with E-state index < -0.39 is 0 Å². The Bertz CT molecular complexity index is 755. The zero-order valence-corrected chi connectivity index (χ0v) is 16.1. The number of hydrogen-bond acceptors (Lipinski definition) is 2. The van der Waals surface area contributed by atoms with Crippen LogP contribution in [0.4, 0.5) is 5.69 Å². The SMILES string of the molecule is CC(N(C)c1ccncc1)C12CC3CC(CC(c4ccccc4)(C3)C1)C2. The van der Waals surface area contributed by atoms with Crippen LogP contribution in [0, 0.1) is 17.3 Å². The molecule has 4 aliphatic rings. The summed E-state index contributed by atoms with van der Waals surface area (Å²) in [6.45, 7) is 2.48. The number of rotatable bonds is 4. The van der Waals surface area contributed by atoms with Crippen LogP contribution in [0.2, 0.25) is 0 Å². The standard InChI is InChI=1S/C24H30N2/c1-18(26(2)22-8-10-25-11-9-22)23-13-19-12-20(14-23)16-24(15-19,17-23)21-6-4-3-5-7-21/h3-11,18-20H,12-17H2,1-2H3. The third-order valence-corrected chi connectivity index (χ3v) is 8.03. The molecule has 0 radical (unpaired) electrons. The third kappa shape index (κ3) is 2.41. The molecule has 4 saturated carbocycles. The second-order valence-corrected chi connectivity index (χ2v) is 9.46. The number of anilines is 1. The van der Waals surface area contributed by atoms with E-state index in [1.807, 2.05) is 12.4 Å². The molecule has 3 atom stereocenters. The quantitative estimate of drug-likeness (QED) is 0.732. The molecule has 0 saturated heterocycles. The molecule has 136 valence electrons. The summed E-state index contributed by atoms with van der Waals surface area (Å²) < 4.78 is 0. The third-order valence-electron chi connectivity index (χ3n) is 8.03. The van der Waals surface area contributed by atoms with Crippen molar-refractivity contribution in [3.63, 3.8) is 0 Å². The van der Waals surface area contributed by atoms with Gasteiger partial charge in [-0.25, -0.2) is 0 Å². The van der Waals surface area contributed by atoms with Gasteiger partial charge in [0.05, 0.1) is 0 Å². The van der Waals surface area contributed by atoms with Crippen LogP contribution >= 0.6 is 0 Å². The van der Waals surface area contributed by atoms with E-state index in [2.05, 4.69) is 66.3 Å². The van der Waals surface area contributed by atoms with E-state index in [-0.39, 0.29) is 0 Å². The first-order valence-electron chi connectivity index (χ1n) is 10.3. The van der Waals surface area contributed by atoms with Crippen molar-refractivity contribution in [1.82, 2.24) is 4.98 Å². The first kappa shape index (κ1) is 16.4. The largest absolute Gasteiger partial charge is 0.371 e. The normalized spacial score (nSPS) is 36.1. The fourth-order valence-corrected chi connectivity index (χ4v) is 7.17. The first-order chi connectivity index (χ1) is 12.6. The summed E-state index contributed by atoms with van der Waals surface area (Å²) in [5, 5.41) is 0. The Labute approximate surface area is 157 Å². The summed E-state index contributed by atoms with van der Waals surface area (Å²) in [4.78, 5) is 6.72. The Kier molecular flexibility index (Phi) is 3.67. The lowest BCUT2D eigenvalue weighted by Crippen LogP contribution is -2.60. The molecule has 2 aromatic rings. The van der Waals surface area contributed by atoms with E-state index in [9.17, 15) is 0 Å². The smallest absolute Gasteiger partial charge is 0.0397 e. The number of benzene rings is 1. The predicted molar refractivity (Wildman–Crippen MR) is 107 cm³/mol. The van der Waals surface area contributed by atoms with E-state index in [1.54, 1.807) is 5.56 Å². The fraction of sp³-hybridized carbons (Fsp3) is 0.542. The molecule has 4 aliphatic carbocycles. The molecule has 4 bridgehead atoms. The second kappa shape index (κ2) is 5.84. The number of pyridine rings is 1. The molecule has 3 unspecified atom stereocenters. The Morgan fingerprint density at radius 3 is 2.27 bits per heavy atom. The van der Waals surface area contributed by atoms with Crippen LogP contribution in [-0.4, -0.2) is 18.1 Å². The summed E-state index contributed by atoms with van der Waals surface area (Å²) >= 11 is 0. The van der Waals surface area contributed by atoms with Crippen LogP contribution in [0.25, 0.3) is 0 Å². The molecule has 2 heteroatoms. The lowest BCUT2D eigenvalue weighted by atomic mass is 9.41. The van der Waals surface area contributed by atoms with Crippen LogP contribution in [0.15, 0.2) is 54.9 Å². The maximum Gasteiger partial charge on any atom is 0.0397 e. The van der Waals surface area contributed by atoms with Crippen LogP contribution in [0.3, 0.4) is 0 Å². The Morgan fingerprint density at radius 2 is 1.62 bits per heavy atom. The fourth-order valence-electron chi connectivity index (χ4n) is 7.17. The van der Waals surface area contributed by atoms with Gasteiger partial charge in [0.25, 0.3) is 0 Å². The first-order valence-corrected chi connectivity index (χ1v) is 10.3. The van der Waals surface area contributed by atoms with Gasteiger partial charge in [0, 0.05) is 31.2 Å². The molecule has 2 nitrogen and oxygen atoms in total. The molecular formula is C24H30N2. The van der Waals surface area contributed by atoms with E-state index in [0.717, 1.165) is 11.8 Å². The minimum Gasteiger partial charge on any atom is -0.371 e. The highest BCUT2D eigenvalue weighted by Crippen LogP contribution is 2.67. The van der Waals surface area contributed by atoms with Crippen molar-refractivity contribution in [2.75, 3.05) is 11.9 Å². The molecule has 26 heavy (non-hydrogen) atoms. The minimum atomic E-state index is 0.429. The van der Waals surface area contributed by atoms with Gasteiger partial charge in [-0.05, 0) is 85.8 Å². The van der Waals surface area contributed by atoms with Crippen LogP contribution in [0.5, 0.6) is 0 Å². The Hall–Kier alpha value is -1.83. The van der Waals surface area contributed by atoms with E-state index in [1.165, 1.54) is 44.2 Å². The van der Waals surface area contributed by atoms with Gasteiger partial charge in [-0.3, -0.25) is 4.98 Å². The van der Waals surface area contributed by atoms with Gasteiger partial charge in [-0.1, -0.05) is 30.3 Å². The predicted octanol–water partition coefficient (Wildman–Crippen LogP) is 5.44. The van der Waals surface area contributed by atoms with Crippen molar-refractivity contribution in [1.29, 1.82) is 0 Å². The topological polar surface area (TPSA) is 16.1 Å². The van der Waals surface area contributed by atoms with Crippen molar-refractivity contribution in [2.24, 2.45) is 17.3 Å². The van der Waals surface area contributed by atoms with Gasteiger partial charge >= 0.3 is 0 Å². The van der Waals surface area contributed by atoms with Gasteiger partial charge in [0.15, 0.2) is 0 Å². The maximum absolute atomic E-state index is 4.20. The molecule has 0 N–H and O–H groups in total. The highest BCUT2D eigenvalue weighted by Gasteiger charge is 2.60. The van der Waals surface area contributed by atoms with Crippen molar-refractivity contribution in [2.45, 2.75) is 56.9 Å². The second-order valence-electron chi connectivity index (χ2n) is 9.46. The van der Waals surface area contributed by atoms with Crippen LogP contribution in [0.1, 0.15) is 51.0 Å². The van der Waals surface area contributed by atoms with Crippen LogP contribution in [-0.2, 0) is 5.41 Å². The monoisotopic (exact) mass is 346 g/mol. The van der Waals surface area contributed by atoms with Crippen LogP contribution < -0.4 is 4.90 Å². The van der Waals surface area contributed by atoms with Gasteiger partial charge in [0.1, 0.15) is 0 Å². The lowest BCUT2D eigenvalue weighted by molar-refractivity contribution is -0.0827. The number of hydrogen-bond donors (Lipinski definition) is 0. The summed E-state index contributed by atoms with van der Waals surface area (Å²) in [5.74, 6) is 1.84. The zero-order valence-electron chi connectivity index (χ0n) is 16.1. The molecule has 4 fully saturated rings. The molecule has 0 aliphatic heterocycles. The van der Waals surface area contributed by atoms with Gasteiger partial charge < -0.3 is 4.90 Å². The highest BCUT2D eigenvalue weighted by atomic mass is 15.1. The summed E-state index contributed by atoms with van der Waals surface area (Å²) in [6, 6.07) is 16.3. The Morgan fingerprint density at radius 1 is 0.962 bits per heavy atom. The zero-order chi connectivity index (χ0) is 17.8. The lowest BCUT2D eigenvalue weighted by Gasteiger charge is -2.65. The summed E-state index contributed by atoms with van der Waals surface area (Å²) in [7, 11) is 2.29. The minimum absolute atomic E-state index is 0.429. The van der Waals surface area contributed by atoms with Crippen molar-refractivity contribution in [3.05, 3.63) is 60.4 Å². The Balaban J connectivity index is 1.51. The van der Waals surface area contributed by atoms with E-state index in [0.29, 0.717) is 16.9 Å². The average Bonchev–Trinajstić information content (AvgIpc) is 2.67. The van der Waals surface area contributed by atoms with Gasteiger partial charge in [-0.2, -0.15) is 0 Å². The molecule has 1 aromatic carbocycles. The van der Waals surface area contributed by atoms with Crippen molar-refractivity contribution in [3.8, 4) is 0 Å². The van der Waals surface area contributed by atoms with Gasteiger partial charge in [0.2, 0.25) is 0 Å². The van der Waals surface area contributed by atoms with E-state index >= 15 is 0 Å². The number of aromatic nitrogens is 1. The van der Waals surface area contributed by atoms with Gasteiger partial charge in [-0.15, -0.1) is 0 Å². The molecule has 0 amide bonds. The molecule has 1 heterocycles. The van der Waals surface area contributed by atoms with Crippen molar-refractivity contribution < 1.29 is 0 Å². The highest BCUT2D eigenvalue weighted by molar-refractivity contribution is 5.46.